The molecule has 0 radical (unpaired) electrons. The summed E-state index contributed by atoms with van der Waals surface area (Å²) in [5.74, 6) is 0.500. The fraction of sp³-hybridized carbons (Fsp3) is 0.214. The lowest BCUT2D eigenvalue weighted by atomic mass is 10.0. The van der Waals surface area contributed by atoms with E-state index in [2.05, 4.69) is 4.98 Å². The maximum Gasteiger partial charge on any atom is 0.131 e. The van der Waals surface area contributed by atoms with Crippen molar-refractivity contribution in [3.05, 3.63) is 48.0 Å². The van der Waals surface area contributed by atoms with Crippen LogP contribution in [0.4, 0.5) is 4.39 Å². The van der Waals surface area contributed by atoms with E-state index in [1.54, 1.807) is 12.4 Å². The molecule has 0 spiro atoms. The molecule has 2 aromatic rings. The van der Waals surface area contributed by atoms with Gasteiger partial charge in [-0.15, -0.1) is 0 Å². The second-order valence-electron chi connectivity index (χ2n) is 4.36. The quantitative estimate of drug-likeness (QED) is 0.880. The molecule has 18 heavy (non-hydrogen) atoms. The lowest BCUT2D eigenvalue weighted by molar-refractivity contribution is 0.242. The number of hydrogen-bond acceptors (Lipinski definition) is 3. The average Bonchev–Trinajstić information content (AvgIpc) is 2.81. The van der Waals surface area contributed by atoms with E-state index in [-0.39, 0.29) is 11.9 Å². The molecule has 1 aromatic heterocycles. The maximum absolute atomic E-state index is 13.6. The third-order valence-electron chi connectivity index (χ3n) is 3.12. The van der Waals surface area contributed by atoms with Gasteiger partial charge in [-0.05, 0) is 29.8 Å². The van der Waals surface area contributed by atoms with Gasteiger partial charge in [0.25, 0.3) is 0 Å². The average molecular weight is 244 g/mol. The molecule has 92 valence electrons. The molecule has 0 amide bonds. The first-order valence-corrected chi connectivity index (χ1v) is 5.87. The Kier molecular flexibility index (Phi) is 2.72. The monoisotopic (exact) mass is 244 g/mol. The molecule has 4 heteroatoms. The van der Waals surface area contributed by atoms with Gasteiger partial charge in [-0.25, -0.2) is 4.39 Å². The highest BCUT2D eigenvalue weighted by molar-refractivity contribution is 5.72. The van der Waals surface area contributed by atoms with Gasteiger partial charge >= 0.3 is 0 Å². The molecule has 0 bridgehead atoms. The minimum absolute atomic E-state index is 0.0533. The Hall–Kier alpha value is -1.94. The molecule has 1 aromatic carbocycles. The molecule has 3 rings (SSSR count). The van der Waals surface area contributed by atoms with Gasteiger partial charge in [0.2, 0.25) is 0 Å². The minimum Gasteiger partial charge on any atom is -0.488 e. The first-order chi connectivity index (χ1) is 8.78. The Labute approximate surface area is 104 Å². The lowest BCUT2D eigenvalue weighted by Crippen LogP contribution is -2.24. The first-order valence-electron chi connectivity index (χ1n) is 5.87. The summed E-state index contributed by atoms with van der Waals surface area (Å²) in [5.41, 5.74) is 8.17. The van der Waals surface area contributed by atoms with Crippen LogP contribution >= 0.6 is 0 Å². The molecule has 1 unspecified atom stereocenters. The van der Waals surface area contributed by atoms with E-state index in [0.717, 1.165) is 22.4 Å². The Bertz CT molecular complexity index is 572. The van der Waals surface area contributed by atoms with E-state index < -0.39 is 0 Å². The smallest absolute Gasteiger partial charge is 0.131 e. The van der Waals surface area contributed by atoms with Crippen molar-refractivity contribution in [2.24, 2.45) is 5.73 Å². The number of nitrogens with zero attached hydrogens (tertiary/aromatic N) is 1. The predicted molar refractivity (Wildman–Crippen MR) is 66.8 cm³/mol. The van der Waals surface area contributed by atoms with Crippen molar-refractivity contribution in [1.82, 2.24) is 4.98 Å². The number of aromatic nitrogens is 1. The summed E-state index contributed by atoms with van der Waals surface area (Å²) in [5, 5.41) is 0. The highest BCUT2D eigenvalue weighted by Gasteiger charge is 2.25. The fourth-order valence-corrected chi connectivity index (χ4v) is 2.27. The Balaban J connectivity index is 2.12. The Morgan fingerprint density at radius 1 is 1.33 bits per heavy atom. The Morgan fingerprint density at radius 2 is 2.11 bits per heavy atom. The van der Waals surface area contributed by atoms with Gasteiger partial charge in [0.15, 0.2) is 0 Å². The van der Waals surface area contributed by atoms with Gasteiger partial charge in [-0.1, -0.05) is 0 Å². The van der Waals surface area contributed by atoms with Crippen molar-refractivity contribution in [3.8, 4) is 16.9 Å². The summed E-state index contributed by atoms with van der Waals surface area (Å²) in [6.45, 7) is 0.437. The third-order valence-corrected chi connectivity index (χ3v) is 3.12. The van der Waals surface area contributed by atoms with Gasteiger partial charge < -0.3 is 10.5 Å². The second-order valence-corrected chi connectivity index (χ2v) is 4.36. The van der Waals surface area contributed by atoms with Crippen LogP contribution in [0.15, 0.2) is 36.7 Å². The summed E-state index contributed by atoms with van der Waals surface area (Å²) in [7, 11) is 0. The van der Waals surface area contributed by atoms with Crippen LogP contribution in [-0.2, 0) is 6.42 Å². The van der Waals surface area contributed by atoms with E-state index in [1.165, 1.54) is 12.1 Å². The van der Waals surface area contributed by atoms with Crippen LogP contribution in [0.3, 0.4) is 0 Å². The Morgan fingerprint density at radius 3 is 2.83 bits per heavy atom. The normalized spacial score (nSPS) is 17.3. The highest BCUT2D eigenvalue weighted by Crippen LogP contribution is 2.39. The predicted octanol–water partition coefficient (Wildman–Crippen LogP) is 2.15. The fourth-order valence-electron chi connectivity index (χ4n) is 2.27. The van der Waals surface area contributed by atoms with Crippen LogP contribution in [0.1, 0.15) is 5.56 Å². The number of halogens is 1. The number of rotatable bonds is 2. The molecule has 2 heterocycles. The number of pyridine rings is 1. The van der Waals surface area contributed by atoms with Crippen molar-refractivity contribution in [2.75, 3.05) is 6.54 Å². The zero-order valence-electron chi connectivity index (χ0n) is 9.77. The summed E-state index contributed by atoms with van der Waals surface area (Å²) in [6, 6.07) is 6.70. The van der Waals surface area contributed by atoms with Crippen LogP contribution in [0.25, 0.3) is 11.1 Å². The maximum atomic E-state index is 13.6. The molecule has 0 aliphatic carbocycles. The van der Waals surface area contributed by atoms with Gasteiger partial charge in [-0.3, -0.25) is 4.98 Å². The third kappa shape index (κ3) is 1.84. The topological polar surface area (TPSA) is 48.1 Å². The van der Waals surface area contributed by atoms with Gasteiger partial charge in [0.1, 0.15) is 17.7 Å². The van der Waals surface area contributed by atoms with Crippen LogP contribution in [-0.4, -0.2) is 17.6 Å². The SMILES string of the molecule is NCC1Cc2cc(F)cc(-c3ccncc3)c2O1. The first kappa shape index (κ1) is 11.2. The zero-order chi connectivity index (χ0) is 12.5. The molecule has 0 saturated carbocycles. The van der Waals surface area contributed by atoms with Crippen molar-refractivity contribution in [2.45, 2.75) is 12.5 Å². The van der Waals surface area contributed by atoms with Gasteiger partial charge in [-0.2, -0.15) is 0 Å². The van der Waals surface area contributed by atoms with Crippen molar-refractivity contribution in [1.29, 1.82) is 0 Å². The van der Waals surface area contributed by atoms with E-state index in [0.29, 0.717) is 13.0 Å². The molecular weight excluding hydrogens is 231 g/mol. The van der Waals surface area contributed by atoms with Crippen molar-refractivity contribution >= 4 is 0 Å². The highest BCUT2D eigenvalue weighted by atomic mass is 19.1. The standard InChI is InChI=1S/C14H13FN2O/c15-11-5-10-6-12(8-16)18-14(10)13(7-11)9-1-3-17-4-2-9/h1-5,7,12H,6,8,16H2. The molecule has 0 saturated heterocycles. The number of ether oxygens (including phenoxy) is 1. The van der Waals surface area contributed by atoms with E-state index in [1.807, 2.05) is 12.1 Å². The van der Waals surface area contributed by atoms with Crippen LogP contribution in [0, 0.1) is 5.82 Å². The lowest BCUT2D eigenvalue weighted by Gasteiger charge is -2.10. The number of benzene rings is 1. The van der Waals surface area contributed by atoms with Crippen LogP contribution in [0.5, 0.6) is 5.75 Å². The van der Waals surface area contributed by atoms with Crippen molar-refractivity contribution < 1.29 is 9.13 Å². The van der Waals surface area contributed by atoms with Gasteiger partial charge in [0, 0.05) is 36.5 Å². The zero-order valence-corrected chi connectivity index (χ0v) is 9.77. The molecule has 3 nitrogen and oxygen atoms in total. The molecule has 2 N–H and O–H groups in total. The minimum atomic E-state index is -0.248. The van der Waals surface area contributed by atoms with Crippen LogP contribution in [0.2, 0.25) is 0 Å². The van der Waals surface area contributed by atoms with Crippen molar-refractivity contribution in [3.63, 3.8) is 0 Å². The largest absolute Gasteiger partial charge is 0.488 e. The number of nitrogens with two attached hydrogens (primary N) is 1. The molecule has 1 aliphatic rings. The number of hydrogen-bond donors (Lipinski definition) is 1. The number of fused-ring (bicyclic) bond motifs is 1. The van der Waals surface area contributed by atoms with E-state index >= 15 is 0 Å². The van der Waals surface area contributed by atoms with Gasteiger partial charge in [0.05, 0.1) is 0 Å². The summed E-state index contributed by atoms with van der Waals surface area (Å²) in [6.07, 6.45) is 3.98. The van der Waals surface area contributed by atoms with Crippen LogP contribution < -0.4 is 10.5 Å². The van der Waals surface area contributed by atoms with E-state index in [9.17, 15) is 4.39 Å². The molecular formula is C14H13FN2O. The summed E-state index contributed by atoms with van der Waals surface area (Å²) >= 11 is 0. The second kappa shape index (κ2) is 4.38. The summed E-state index contributed by atoms with van der Waals surface area (Å²) < 4.78 is 19.4. The van der Waals surface area contributed by atoms with E-state index in [4.69, 9.17) is 10.5 Å². The molecule has 1 aliphatic heterocycles. The summed E-state index contributed by atoms with van der Waals surface area (Å²) in [4.78, 5) is 3.96. The molecule has 0 fully saturated rings. The molecule has 1 atom stereocenters.